The van der Waals surface area contributed by atoms with Crippen molar-refractivity contribution in [2.75, 3.05) is 18.8 Å². The van der Waals surface area contributed by atoms with E-state index in [4.69, 9.17) is 4.99 Å². The van der Waals surface area contributed by atoms with Gasteiger partial charge in [-0.2, -0.15) is 0 Å². The third-order valence-corrected chi connectivity index (χ3v) is 7.04. The topological polar surface area (TPSA) is 75.5 Å². The fourth-order valence-electron chi connectivity index (χ4n) is 3.75. The molecule has 1 aliphatic carbocycles. The average molecular weight is 409 g/mol. The standard InChI is InChI=1S/C21H36N4O2S/c1-4-22-21(24-18-11-9-12-19(16-18)28(27)5-2)23-14-6-7-15-25-17(3)10-8-13-20(25)26/h8,10,13,18-19H,4-7,9,11-12,14-16H2,1-3H3,(H2,22,23,24). The van der Waals surface area contributed by atoms with E-state index in [1.165, 1.54) is 0 Å². The smallest absolute Gasteiger partial charge is 0.250 e. The summed E-state index contributed by atoms with van der Waals surface area (Å²) in [4.78, 5) is 16.6. The highest BCUT2D eigenvalue weighted by Gasteiger charge is 2.25. The summed E-state index contributed by atoms with van der Waals surface area (Å²) >= 11 is 0. The molecule has 0 radical (unpaired) electrons. The number of aliphatic imine (C=N–C) groups is 1. The zero-order valence-electron chi connectivity index (χ0n) is 17.6. The first-order valence-corrected chi connectivity index (χ1v) is 12.0. The van der Waals surface area contributed by atoms with Crippen LogP contribution in [0.1, 0.15) is 58.1 Å². The molecule has 1 heterocycles. The number of nitrogens with zero attached hydrogens (tertiary/aromatic N) is 2. The predicted molar refractivity (Wildman–Crippen MR) is 119 cm³/mol. The van der Waals surface area contributed by atoms with E-state index in [1.54, 1.807) is 12.1 Å². The molecule has 0 aliphatic heterocycles. The Kier molecular flexibility index (Phi) is 9.75. The molecule has 0 bridgehead atoms. The van der Waals surface area contributed by atoms with Crippen LogP contribution >= 0.6 is 0 Å². The van der Waals surface area contributed by atoms with Crippen molar-refractivity contribution in [3.8, 4) is 0 Å². The molecular weight excluding hydrogens is 372 g/mol. The van der Waals surface area contributed by atoms with Gasteiger partial charge in [0.05, 0.1) is 0 Å². The Bertz CT molecular complexity index is 717. The van der Waals surface area contributed by atoms with Crippen molar-refractivity contribution in [3.63, 3.8) is 0 Å². The average Bonchev–Trinajstić information content (AvgIpc) is 2.69. The van der Waals surface area contributed by atoms with Gasteiger partial charge in [0.25, 0.3) is 5.56 Å². The molecule has 2 rings (SSSR count). The molecule has 1 fully saturated rings. The largest absolute Gasteiger partial charge is 0.357 e. The highest BCUT2D eigenvalue weighted by atomic mass is 32.2. The second-order valence-corrected chi connectivity index (χ2v) is 9.43. The number of hydrogen-bond acceptors (Lipinski definition) is 3. The minimum Gasteiger partial charge on any atom is -0.357 e. The van der Waals surface area contributed by atoms with Gasteiger partial charge in [0.2, 0.25) is 0 Å². The fraction of sp³-hybridized carbons (Fsp3) is 0.714. The maximum atomic E-state index is 12.1. The Morgan fingerprint density at radius 1 is 1.29 bits per heavy atom. The fourth-order valence-corrected chi connectivity index (χ4v) is 5.09. The van der Waals surface area contributed by atoms with Gasteiger partial charge in [-0.1, -0.05) is 19.4 Å². The number of nitrogens with one attached hydrogen (secondary N) is 2. The number of aromatic nitrogens is 1. The third-order valence-electron chi connectivity index (χ3n) is 5.30. The van der Waals surface area contributed by atoms with Crippen LogP contribution in [0.5, 0.6) is 0 Å². The van der Waals surface area contributed by atoms with Crippen LogP contribution in [0.3, 0.4) is 0 Å². The Morgan fingerprint density at radius 3 is 2.82 bits per heavy atom. The Hall–Kier alpha value is -1.63. The van der Waals surface area contributed by atoms with Gasteiger partial charge in [-0.05, 0) is 52.0 Å². The number of pyridine rings is 1. The molecular formula is C21H36N4O2S. The Morgan fingerprint density at radius 2 is 2.11 bits per heavy atom. The van der Waals surface area contributed by atoms with Gasteiger partial charge in [0.15, 0.2) is 5.96 Å². The van der Waals surface area contributed by atoms with E-state index >= 15 is 0 Å². The molecule has 0 aromatic carbocycles. The summed E-state index contributed by atoms with van der Waals surface area (Å²) in [6.45, 7) is 8.32. The minimum absolute atomic E-state index is 0.0647. The molecule has 3 atom stereocenters. The highest BCUT2D eigenvalue weighted by molar-refractivity contribution is 7.85. The van der Waals surface area contributed by atoms with Gasteiger partial charge in [-0.15, -0.1) is 0 Å². The zero-order valence-corrected chi connectivity index (χ0v) is 18.4. The Labute approximate surface area is 171 Å². The molecule has 6 nitrogen and oxygen atoms in total. The summed E-state index contributed by atoms with van der Waals surface area (Å²) in [6.07, 6.45) is 6.13. The summed E-state index contributed by atoms with van der Waals surface area (Å²) in [7, 11) is -0.711. The van der Waals surface area contributed by atoms with E-state index in [1.807, 2.05) is 24.5 Å². The summed E-state index contributed by atoms with van der Waals surface area (Å²) < 4.78 is 14.0. The molecule has 1 saturated carbocycles. The highest BCUT2D eigenvalue weighted by Crippen LogP contribution is 2.22. The SMILES string of the molecule is CCNC(=NCCCCn1c(C)cccc1=O)NC1CCCC(S(=O)CC)C1. The van der Waals surface area contributed by atoms with Crippen molar-refractivity contribution in [3.05, 3.63) is 34.2 Å². The normalized spacial score (nSPS) is 21.3. The molecule has 0 spiro atoms. The van der Waals surface area contributed by atoms with Gasteiger partial charge in [0.1, 0.15) is 0 Å². The number of hydrogen-bond donors (Lipinski definition) is 2. The van der Waals surface area contributed by atoms with Crippen LogP contribution in [0, 0.1) is 6.92 Å². The molecule has 0 amide bonds. The van der Waals surface area contributed by atoms with Gasteiger partial charge >= 0.3 is 0 Å². The van der Waals surface area contributed by atoms with Crippen LogP contribution < -0.4 is 16.2 Å². The lowest BCUT2D eigenvalue weighted by atomic mass is 9.95. The lowest BCUT2D eigenvalue weighted by Crippen LogP contribution is -2.46. The van der Waals surface area contributed by atoms with E-state index in [2.05, 4.69) is 17.6 Å². The lowest BCUT2D eigenvalue weighted by Gasteiger charge is -2.30. The second-order valence-electron chi connectivity index (χ2n) is 7.42. The second kappa shape index (κ2) is 12.0. The van der Waals surface area contributed by atoms with E-state index in [-0.39, 0.29) is 5.56 Å². The predicted octanol–water partition coefficient (Wildman–Crippen LogP) is 2.57. The summed E-state index contributed by atoms with van der Waals surface area (Å²) in [6, 6.07) is 5.73. The first-order chi connectivity index (χ1) is 13.5. The van der Waals surface area contributed by atoms with Gasteiger partial charge in [-0.3, -0.25) is 14.0 Å². The van der Waals surface area contributed by atoms with E-state index < -0.39 is 10.8 Å². The van der Waals surface area contributed by atoms with Crippen LogP contribution in [-0.4, -0.2) is 44.9 Å². The van der Waals surface area contributed by atoms with Gasteiger partial charge < -0.3 is 15.2 Å². The lowest BCUT2D eigenvalue weighted by molar-refractivity contribution is 0.413. The molecule has 2 N–H and O–H groups in total. The molecule has 3 unspecified atom stereocenters. The number of unbranched alkanes of at least 4 members (excludes halogenated alkanes) is 1. The maximum Gasteiger partial charge on any atom is 0.250 e. The van der Waals surface area contributed by atoms with Crippen LogP contribution in [0.2, 0.25) is 0 Å². The maximum absolute atomic E-state index is 12.1. The molecule has 7 heteroatoms. The van der Waals surface area contributed by atoms with E-state index in [9.17, 15) is 9.00 Å². The first-order valence-electron chi connectivity index (χ1n) is 10.6. The van der Waals surface area contributed by atoms with Crippen molar-refractivity contribution in [1.82, 2.24) is 15.2 Å². The molecule has 28 heavy (non-hydrogen) atoms. The molecule has 1 aromatic rings. The van der Waals surface area contributed by atoms with Crippen LogP contribution in [0.15, 0.2) is 28.0 Å². The third kappa shape index (κ3) is 7.08. The van der Waals surface area contributed by atoms with E-state index in [0.29, 0.717) is 11.3 Å². The summed E-state index contributed by atoms with van der Waals surface area (Å²) in [5, 5.41) is 7.18. The van der Waals surface area contributed by atoms with Crippen molar-refractivity contribution in [2.45, 2.75) is 77.1 Å². The number of guanidine groups is 1. The molecule has 0 saturated heterocycles. The van der Waals surface area contributed by atoms with Crippen molar-refractivity contribution in [2.24, 2.45) is 4.99 Å². The first kappa shape index (κ1) is 22.7. The zero-order chi connectivity index (χ0) is 20.4. The Balaban J connectivity index is 1.81. The summed E-state index contributed by atoms with van der Waals surface area (Å²) in [5.74, 6) is 1.60. The molecule has 1 aromatic heterocycles. The van der Waals surface area contributed by atoms with Gasteiger partial charge in [0, 0.05) is 59.2 Å². The molecule has 158 valence electrons. The molecule has 1 aliphatic rings. The number of rotatable bonds is 9. The minimum atomic E-state index is -0.711. The quantitative estimate of drug-likeness (QED) is 0.374. The summed E-state index contributed by atoms with van der Waals surface area (Å²) in [5.41, 5.74) is 1.07. The van der Waals surface area contributed by atoms with Crippen molar-refractivity contribution in [1.29, 1.82) is 0 Å². The van der Waals surface area contributed by atoms with E-state index in [0.717, 1.165) is 75.6 Å². The van der Waals surface area contributed by atoms with Crippen LogP contribution in [0.4, 0.5) is 0 Å². The van der Waals surface area contributed by atoms with Crippen molar-refractivity contribution < 1.29 is 4.21 Å². The van der Waals surface area contributed by atoms with Crippen LogP contribution in [-0.2, 0) is 17.3 Å². The monoisotopic (exact) mass is 408 g/mol. The van der Waals surface area contributed by atoms with Crippen molar-refractivity contribution >= 4 is 16.8 Å². The number of aryl methyl sites for hydroxylation is 1. The van der Waals surface area contributed by atoms with Crippen LogP contribution in [0.25, 0.3) is 0 Å². The van der Waals surface area contributed by atoms with Gasteiger partial charge in [-0.25, -0.2) is 0 Å².